The van der Waals surface area contributed by atoms with E-state index in [0.29, 0.717) is 0 Å². The molecule has 0 fully saturated rings. The highest BCUT2D eigenvalue weighted by molar-refractivity contribution is 9.10. The zero-order valence-corrected chi connectivity index (χ0v) is 61.9. The molecule has 0 bridgehead atoms. The summed E-state index contributed by atoms with van der Waals surface area (Å²) in [5, 5.41) is 14.2. The van der Waals surface area contributed by atoms with Crippen LogP contribution in [0.1, 0.15) is 11.1 Å². The van der Waals surface area contributed by atoms with Crippen LogP contribution in [0.5, 0.6) is 0 Å². The smallest absolute Gasteiger partial charge is 0.143 e. The summed E-state index contributed by atoms with van der Waals surface area (Å²) in [5.41, 5.74) is 27.3. The van der Waals surface area contributed by atoms with Gasteiger partial charge in [0.2, 0.25) is 0 Å². The predicted octanol–water partition coefficient (Wildman–Crippen LogP) is 30.8. The molecule has 22 rings (SSSR count). The topological polar surface area (TPSA) is 55.8 Å². The Hall–Kier alpha value is -14.0. The van der Waals surface area contributed by atoms with Crippen LogP contribution in [-0.4, -0.2) is 0 Å². The molecule has 5 nitrogen and oxygen atoms in total. The second kappa shape index (κ2) is 28.6. The van der Waals surface area contributed by atoms with Crippen LogP contribution in [0.25, 0.3) is 176 Å². The van der Waals surface area contributed by atoms with E-state index in [2.05, 4.69) is 348 Å². The van der Waals surface area contributed by atoms with Crippen LogP contribution in [0.3, 0.4) is 0 Å². The molecule has 22 aromatic rings. The number of anilines is 3. The van der Waals surface area contributed by atoms with Crippen LogP contribution in [0.15, 0.2) is 423 Å². The first kappa shape index (κ1) is 66.4. The normalized spacial score (nSPS) is 11.5. The summed E-state index contributed by atoms with van der Waals surface area (Å²) in [4.78, 5) is 2.34. The van der Waals surface area contributed by atoms with Crippen molar-refractivity contribution >= 4 is 142 Å². The van der Waals surface area contributed by atoms with Crippen molar-refractivity contribution in [2.75, 3.05) is 4.90 Å². The van der Waals surface area contributed by atoms with E-state index in [4.69, 9.17) is 17.7 Å². The van der Waals surface area contributed by atoms with Gasteiger partial charge in [-0.2, -0.15) is 0 Å². The highest BCUT2D eigenvalue weighted by Crippen LogP contribution is 2.46. The highest BCUT2D eigenvalue weighted by atomic mass is 79.9. The van der Waals surface area contributed by atoms with Gasteiger partial charge in [0.1, 0.15) is 44.7 Å². The van der Waals surface area contributed by atoms with Crippen molar-refractivity contribution in [2.24, 2.45) is 0 Å². The molecular formula is C105H68BrNO4. The summed E-state index contributed by atoms with van der Waals surface area (Å²) >= 11 is 3.54. The van der Waals surface area contributed by atoms with Crippen LogP contribution < -0.4 is 4.90 Å². The quantitative estimate of drug-likeness (QED) is 0.129. The molecule has 6 heteroatoms. The standard InChI is InChI=1S/C52H33NO2.C41H28O.C12H7BrO/c1-2-12-41-36(10-1)11-7-15-42(41)37-24-22-34(23-25-37)35-26-30-39(31-27-35)53(47-18-9-21-50-51(47)46-14-4-6-20-49(46)54-50)40-32-28-38(29-33-40)43-16-8-17-45-44-13-3-5-19-48(44)55-52(43)45;1-2-9-35-32(7-1)8-5-11-36(35)33-25-23-31(24-26-33)30-19-15-28(16-20-30)27-29-17-21-34(22-18-29)37-12-6-13-39-38-10-3-4-14-40(38)42-41(37)39;13-9-5-3-7-11-12(9)8-4-1-2-6-10(8)14-11/h1-33H;1-26H,27H2;1-7H. The van der Waals surface area contributed by atoms with E-state index in [9.17, 15) is 0 Å². The summed E-state index contributed by atoms with van der Waals surface area (Å²) in [6, 6.07) is 142. The Morgan fingerprint density at radius 3 is 0.982 bits per heavy atom. The second-order valence-corrected chi connectivity index (χ2v) is 29.1. The molecule has 18 aromatic carbocycles. The van der Waals surface area contributed by atoms with Crippen molar-refractivity contribution in [1.82, 2.24) is 0 Å². The lowest BCUT2D eigenvalue weighted by atomic mass is 9.95. The summed E-state index contributed by atoms with van der Waals surface area (Å²) in [6.07, 6.45) is 0.898. The monoisotopic (exact) mass is 1490 g/mol. The zero-order valence-electron chi connectivity index (χ0n) is 60.3. The summed E-state index contributed by atoms with van der Waals surface area (Å²) in [5.74, 6) is 0. The lowest BCUT2D eigenvalue weighted by molar-refractivity contribution is 0.668. The van der Waals surface area contributed by atoms with E-state index in [0.717, 1.165) is 138 Å². The van der Waals surface area contributed by atoms with E-state index >= 15 is 0 Å². The molecule has 4 aromatic heterocycles. The summed E-state index contributed by atoms with van der Waals surface area (Å²) in [7, 11) is 0. The SMILES string of the molecule is Brc1cccc2oc3ccccc3c12.c1ccc2c(-c3ccc(-c4ccc(Cc5ccc(-c6cccc7c6oc6ccccc67)cc5)cc4)cc3)cccc2c1.c1ccc2c(-c3ccc(-c4ccc(N(c5ccc(-c6cccc7c6oc6ccccc67)cc5)c5cccc6oc7ccccc7c56)cc4)cc3)cccc2c1. The van der Waals surface area contributed by atoms with E-state index in [-0.39, 0.29) is 0 Å². The highest BCUT2D eigenvalue weighted by Gasteiger charge is 2.22. The number of rotatable bonds is 11. The average Bonchev–Trinajstić information content (AvgIpc) is 1.65. The maximum atomic E-state index is 6.41. The molecule has 0 atom stereocenters. The minimum Gasteiger partial charge on any atom is -0.456 e. The average molecular weight is 1490 g/mol. The fourth-order valence-electron chi connectivity index (χ4n) is 16.1. The third-order valence-electron chi connectivity index (χ3n) is 21.6. The van der Waals surface area contributed by atoms with Gasteiger partial charge in [-0.3, -0.25) is 0 Å². The predicted molar refractivity (Wildman–Crippen MR) is 468 cm³/mol. The van der Waals surface area contributed by atoms with Gasteiger partial charge in [-0.25, -0.2) is 0 Å². The number of nitrogens with zero attached hydrogens (tertiary/aromatic N) is 1. The summed E-state index contributed by atoms with van der Waals surface area (Å²) < 4.78 is 25.8. The van der Waals surface area contributed by atoms with Crippen molar-refractivity contribution in [3.63, 3.8) is 0 Å². The van der Waals surface area contributed by atoms with Crippen LogP contribution >= 0.6 is 15.9 Å². The molecule has 0 spiro atoms. The molecule has 0 amide bonds. The van der Waals surface area contributed by atoms with Crippen molar-refractivity contribution < 1.29 is 17.7 Å². The molecule has 0 aliphatic rings. The van der Waals surface area contributed by atoms with Crippen molar-refractivity contribution in [3.05, 3.63) is 416 Å². The number of fused-ring (bicyclic) bond motifs is 14. The zero-order chi connectivity index (χ0) is 73.7. The third-order valence-corrected chi connectivity index (χ3v) is 22.3. The van der Waals surface area contributed by atoms with E-state index < -0.39 is 0 Å². The minimum absolute atomic E-state index is 0.861. The molecular weight excluding hydrogens is 1420 g/mol. The van der Waals surface area contributed by atoms with Gasteiger partial charge in [-0.05, 0) is 168 Å². The van der Waals surface area contributed by atoms with E-state index in [1.54, 1.807) is 0 Å². The Labute approximate surface area is 649 Å². The third kappa shape index (κ3) is 12.5. The largest absolute Gasteiger partial charge is 0.456 e. The van der Waals surface area contributed by atoms with Crippen LogP contribution in [0.4, 0.5) is 17.1 Å². The first-order valence-corrected chi connectivity index (χ1v) is 38.3. The van der Waals surface area contributed by atoms with Crippen molar-refractivity contribution in [1.29, 1.82) is 0 Å². The molecule has 0 radical (unpaired) electrons. The minimum atomic E-state index is 0.861. The molecule has 111 heavy (non-hydrogen) atoms. The first-order chi connectivity index (χ1) is 54.9. The van der Waals surface area contributed by atoms with E-state index in [1.807, 2.05) is 72.8 Å². The van der Waals surface area contributed by atoms with Crippen LogP contribution in [0.2, 0.25) is 0 Å². The molecule has 0 N–H and O–H groups in total. The Kier molecular flexibility index (Phi) is 17.1. The lowest BCUT2D eigenvalue weighted by Gasteiger charge is -2.26. The molecule has 0 saturated carbocycles. The van der Waals surface area contributed by atoms with Crippen molar-refractivity contribution in [2.45, 2.75) is 6.42 Å². The van der Waals surface area contributed by atoms with Gasteiger partial charge >= 0.3 is 0 Å². The van der Waals surface area contributed by atoms with Gasteiger partial charge in [-0.1, -0.05) is 344 Å². The number of furan rings is 4. The Morgan fingerprint density at radius 2 is 0.505 bits per heavy atom. The molecule has 0 saturated heterocycles. The first-order valence-electron chi connectivity index (χ1n) is 37.6. The number of hydrogen-bond donors (Lipinski definition) is 0. The maximum Gasteiger partial charge on any atom is 0.143 e. The number of hydrogen-bond acceptors (Lipinski definition) is 5. The maximum absolute atomic E-state index is 6.41. The molecule has 0 unspecified atom stereocenters. The van der Waals surface area contributed by atoms with Gasteiger partial charge in [-0.15, -0.1) is 0 Å². The molecule has 0 aliphatic carbocycles. The number of halogens is 1. The fraction of sp³-hybridized carbons (Fsp3) is 0.00952. The molecule has 4 heterocycles. The van der Waals surface area contributed by atoms with Crippen LogP contribution in [-0.2, 0) is 6.42 Å². The molecule has 0 aliphatic heterocycles. The van der Waals surface area contributed by atoms with Crippen molar-refractivity contribution in [3.8, 4) is 66.8 Å². The second-order valence-electron chi connectivity index (χ2n) is 28.2. The Balaban J connectivity index is 0.000000126. The van der Waals surface area contributed by atoms with E-state index in [1.165, 1.54) is 77.2 Å². The fourth-order valence-corrected chi connectivity index (χ4v) is 16.7. The molecule has 524 valence electrons. The van der Waals surface area contributed by atoms with Gasteiger partial charge in [0, 0.05) is 64.7 Å². The van der Waals surface area contributed by atoms with Gasteiger partial charge < -0.3 is 22.6 Å². The van der Waals surface area contributed by atoms with Gasteiger partial charge in [0.25, 0.3) is 0 Å². The summed E-state index contributed by atoms with van der Waals surface area (Å²) in [6.45, 7) is 0. The number of benzene rings is 18. The van der Waals surface area contributed by atoms with Gasteiger partial charge in [0.05, 0.1) is 11.1 Å². The lowest BCUT2D eigenvalue weighted by Crippen LogP contribution is -2.10. The van der Waals surface area contributed by atoms with Crippen LogP contribution in [0, 0.1) is 0 Å². The number of para-hydroxylation sites is 6. The Morgan fingerprint density at radius 1 is 0.207 bits per heavy atom. The Bertz CT molecular complexity index is 7200. The van der Waals surface area contributed by atoms with Gasteiger partial charge in [0.15, 0.2) is 0 Å².